The Bertz CT molecular complexity index is 631. The largest absolute Gasteiger partial charge is 0.486 e. The maximum Gasteiger partial charge on any atom is 0.323 e. The van der Waals surface area contributed by atoms with Gasteiger partial charge in [-0.2, -0.15) is 0 Å². The van der Waals surface area contributed by atoms with E-state index < -0.39 is 12.0 Å². The molecular formula is C18H23NO4. The van der Waals surface area contributed by atoms with Crippen LogP contribution in [-0.2, 0) is 22.6 Å². The molecule has 0 aliphatic rings. The molecule has 0 saturated carbocycles. The molecule has 1 aromatic heterocycles. The molecule has 0 bridgehead atoms. The lowest BCUT2D eigenvalue weighted by Gasteiger charge is -2.08. The Morgan fingerprint density at radius 3 is 2.39 bits per heavy atom. The maximum atomic E-state index is 11.3. The molecule has 1 heterocycles. The van der Waals surface area contributed by atoms with Crippen molar-refractivity contribution in [2.75, 3.05) is 7.11 Å². The minimum absolute atomic E-state index is 0.301. The molecule has 0 spiro atoms. The highest BCUT2D eigenvalue weighted by Crippen LogP contribution is 2.20. The molecule has 0 aliphatic carbocycles. The first-order valence-electron chi connectivity index (χ1n) is 7.63. The molecule has 0 amide bonds. The number of methoxy groups -OCH3 is 1. The third-order valence-electron chi connectivity index (χ3n) is 3.57. The predicted molar refractivity (Wildman–Crippen MR) is 87.3 cm³/mol. The summed E-state index contributed by atoms with van der Waals surface area (Å²) in [4.78, 5) is 11.3. The van der Waals surface area contributed by atoms with E-state index in [-0.39, 0.29) is 0 Å². The normalized spacial score (nSPS) is 12.2. The molecule has 1 unspecified atom stereocenters. The van der Waals surface area contributed by atoms with Gasteiger partial charge in [0.1, 0.15) is 29.9 Å². The van der Waals surface area contributed by atoms with E-state index in [2.05, 4.69) is 30.7 Å². The van der Waals surface area contributed by atoms with Crippen molar-refractivity contribution in [2.45, 2.75) is 38.8 Å². The molecule has 1 atom stereocenters. The molecule has 0 aliphatic heterocycles. The minimum atomic E-state index is -0.719. The summed E-state index contributed by atoms with van der Waals surface area (Å²) in [5, 5.41) is 0. The summed E-state index contributed by atoms with van der Waals surface area (Å²) in [7, 11) is 1.31. The monoisotopic (exact) mass is 317 g/mol. The van der Waals surface area contributed by atoms with Gasteiger partial charge in [-0.1, -0.05) is 26.0 Å². The van der Waals surface area contributed by atoms with Crippen LogP contribution in [0.4, 0.5) is 0 Å². The van der Waals surface area contributed by atoms with Gasteiger partial charge in [-0.15, -0.1) is 0 Å². The van der Waals surface area contributed by atoms with Gasteiger partial charge in [-0.3, -0.25) is 4.79 Å². The van der Waals surface area contributed by atoms with Crippen LogP contribution in [0, 0.1) is 0 Å². The number of rotatable bonds is 7. The number of esters is 1. The predicted octanol–water partition coefficient (Wildman–Crippen LogP) is 3.02. The molecule has 5 heteroatoms. The van der Waals surface area contributed by atoms with Gasteiger partial charge in [-0.05, 0) is 35.7 Å². The minimum Gasteiger partial charge on any atom is -0.486 e. The van der Waals surface area contributed by atoms with Crippen LogP contribution < -0.4 is 10.5 Å². The fourth-order valence-electron chi connectivity index (χ4n) is 2.16. The van der Waals surface area contributed by atoms with Crippen molar-refractivity contribution in [1.82, 2.24) is 0 Å². The highest BCUT2D eigenvalue weighted by molar-refractivity contribution is 5.75. The first kappa shape index (κ1) is 17.1. The number of furan rings is 1. The standard InChI is InChI=1S/C18H23NO4/c1-12(2)13-4-6-14(7-5-13)22-11-16-9-8-15(23-16)10-17(19)18(20)21-3/h4-9,12,17H,10-11,19H2,1-3H3. The van der Waals surface area contributed by atoms with E-state index in [1.807, 2.05) is 18.2 Å². The molecule has 124 valence electrons. The molecule has 2 aromatic rings. The third-order valence-corrected chi connectivity index (χ3v) is 3.57. The molecule has 0 fully saturated rings. The zero-order valence-corrected chi connectivity index (χ0v) is 13.7. The number of hydrogen-bond acceptors (Lipinski definition) is 5. The molecular weight excluding hydrogens is 294 g/mol. The molecule has 23 heavy (non-hydrogen) atoms. The van der Waals surface area contributed by atoms with Crippen LogP contribution in [0.25, 0.3) is 0 Å². The van der Waals surface area contributed by atoms with Crippen LogP contribution in [0.15, 0.2) is 40.8 Å². The van der Waals surface area contributed by atoms with Crippen molar-refractivity contribution in [3.8, 4) is 5.75 Å². The number of hydrogen-bond donors (Lipinski definition) is 1. The van der Waals surface area contributed by atoms with E-state index in [9.17, 15) is 4.79 Å². The Kier molecular flexibility index (Phi) is 5.82. The Labute approximate surface area is 136 Å². The van der Waals surface area contributed by atoms with Gasteiger partial charge < -0.3 is 19.6 Å². The van der Waals surface area contributed by atoms with Crippen LogP contribution in [-0.4, -0.2) is 19.1 Å². The first-order valence-corrected chi connectivity index (χ1v) is 7.63. The Morgan fingerprint density at radius 1 is 1.13 bits per heavy atom. The number of nitrogens with two attached hydrogens (primary N) is 1. The SMILES string of the molecule is COC(=O)C(N)Cc1ccc(COc2ccc(C(C)C)cc2)o1. The van der Waals surface area contributed by atoms with E-state index in [4.69, 9.17) is 14.9 Å². The van der Waals surface area contributed by atoms with Crippen molar-refractivity contribution in [2.24, 2.45) is 5.73 Å². The van der Waals surface area contributed by atoms with Gasteiger partial charge in [-0.25, -0.2) is 0 Å². The van der Waals surface area contributed by atoms with Crippen molar-refractivity contribution in [3.05, 3.63) is 53.5 Å². The fourth-order valence-corrected chi connectivity index (χ4v) is 2.16. The van der Waals surface area contributed by atoms with Crippen LogP contribution in [0.1, 0.15) is 36.8 Å². The van der Waals surface area contributed by atoms with E-state index >= 15 is 0 Å². The molecule has 0 radical (unpaired) electrons. The van der Waals surface area contributed by atoms with Crippen molar-refractivity contribution < 1.29 is 18.7 Å². The van der Waals surface area contributed by atoms with Crippen LogP contribution in [0.2, 0.25) is 0 Å². The molecule has 1 aromatic carbocycles. The summed E-state index contributed by atoms with van der Waals surface area (Å²) in [6, 6.07) is 10.9. The second-order valence-electron chi connectivity index (χ2n) is 5.71. The number of benzene rings is 1. The van der Waals surface area contributed by atoms with Gasteiger partial charge in [0.2, 0.25) is 0 Å². The van der Waals surface area contributed by atoms with Crippen LogP contribution >= 0.6 is 0 Å². The average Bonchev–Trinajstić information content (AvgIpc) is 2.99. The summed E-state index contributed by atoms with van der Waals surface area (Å²) in [5.41, 5.74) is 6.98. The second kappa shape index (κ2) is 7.83. The summed E-state index contributed by atoms with van der Waals surface area (Å²) >= 11 is 0. The zero-order chi connectivity index (χ0) is 16.8. The summed E-state index contributed by atoms with van der Waals surface area (Å²) in [6.45, 7) is 4.63. The maximum absolute atomic E-state index is 11.3. The lowest BCUT2D eigenvalue weighted by molar-refractivity contribution is -0.142. The van der Waals surface area contributed by atoms with Crippen molar-refractivity contribution >= 4 is 5.97 Å². The lowest BCUT2D eigenvalue weighted by Crippen LogP contribution is -2.33. The van der Waals surface area contributed by atoms with Gasteiger partial charge >= 0.3 is 5.97 Å². The van der Waals surface area contributed by atoms with Gasteiger partial charge in [0.05, 0.1) is 7.11 Å². The van der Waals surface area contributed by atoms with Gasteiger partial charge in [0.15, 0.2) is 0 Å². The quantitative estimate of drug-likeness (QED) is 0.795. The number of ether oxygens (including phenoxy) is 2. The third kappa shape index (κ3) is 4.86. The van der Waals surface area contributed by atoms with Crippen molar-refractivity contribution in [3.63, 3.8) is 0 Å². The van der Waals surface area contributed by atoms with E-state index in [0.717, 1.165) is 5.75 Å². The molecule has 2 N–H and O–H groups in total. The number of carbonyl (C=O) groups excluding carboxylic acids is 1. The second-order valence-corrected chi connectivity index (χ2v) is 5.71. The smallest absolute Gasteiger partial charge is 0.323 e. The Morgan fingerprint density at radius 2 is 1.78 bits per heavy atom. The van der Waals surface area contributed by atoms with E-state index in [1.54, 1.807) is 6.07 Å². The van der Waals surface area contributed by atoms with Gasteiger partial charge in [0.25, 0.3) is 0 Å². The topological polar surface area (TPSA) is 74.7 Å². The summed E-state index contributed by atoms with van der Waals surface area (Å²) in [6.07, 6.45) is 0.301. The Hall–Kier alpha value is -2.27. The van der Waals surface area contributed by atoms with E-state index in [0.29, 0.717) is 30.5 Å². The van der Waals surface area contributed by atoms with E-state index in [1.165, 1.54) is 12.7 Å². The van der Waals surface area contributed by atoms with Crippen molar-refractivity contribution in [1.29, 1.82) is 0 Å². The van der Waals surface area contributed by atoms with Crippen LogP contribution in [0.5, 0.6) is 5.75 Å². The van der Waals surface area contributed by atoms with Gasteiger partial charge in [0, 0.05) is 6.42 Å². The first-order chi connectivity index (χ1) is 11.0. The molecule has 5 nitrogen and oxygen atoms in total. The Balaban J connectivity index is 1.88. The lowest BCUT2D eigenvalue weighted by atomic mass is 10.0. The number of carbonyl (C=O) groups is 1. The highest BCUT2D eigenvalue weighted by atomic mass is 16.5. The summed E-state index contributed by atoms with van der Waals surface area (Å²) in [5.74, 6) is 2.15. The van der Waals surface area contributed by atoms with Crippen LogP contribution in [0.3, 0.4) is 0 Å². The molecule has 0 saturated heterocycles. The summed E-state index contributed by atoms with van der Waals surface area (Å²) < 4.78 is 15.9. The highest BCUT2D eigenvalue weighted by Gasteiger charge is 2.16. The fraction of sp³-hybridized carbons (Fsp3) is 0.389. The average molecular weight is 317 g/mol. The molecule has 2 rings (SSSR count). The zero-order valence-electron chi connectivity index (χ0n) is 13.7.